The molecule has 0 saturated heterocycles. The lowest BCUT2D eigenvalue weighted by atomic mass is 10.1. The van der Waals surface area contributed by atoms with E-state index < -0.39 is 23.8 Å². The average Bonchev–Trinajstić information content (AvgIpc) is 2.52. The van der Waals surface area contributed by atoms with Gasteiger partial charge in [0.2, 0.25) is 17.7 Å². The Morgan fingerprint density at radius 1 is 1.09 bits per heavy atom. The van der Waals surface area contributed by atoms with Crippen LogP contribution in [0.25, 0.3) is 0 Å². The van der Waals surface area contributed by atoms with Gasteiger partial charge in [0.25, 0.3) is 0 Å². The van der Waals surface area contributed by atoms with Gasteiger partial charge in [-0.15, -0.1) is 0 Å². The first-order valence-corrected chi connectivity index (χ1v) is 7.72. The van der Waals surface area contributed by atoms with Gasteiger partial charge in [0.05, 0.1) is 26.4 Å². The van der Waals surface area contributed by atoms with Crippen LogP contribution in [0.1, 0.15) is 26.2 Å². The molecule has 0 heterocycles. The van der Waals surface area contributed by atoms with Crippen LogP contribution in [0, 0.1) is 0 Å². The molecule has 0 spiro atoms. The zero-order chi connectivity index (χ0) is 17.5. The predicted molar refractivity (Wildman–Crippen MR) is 84.4 cm³/mol. The number of rotatable bonds is 14. The summed E-state index contributed by atoms with van der Waals surface area (Å²) in [5.74, 6) is -1.48. The van der Waals surface area contributed by atoms with Gasteiger partial charge in [-0.2, -0.15) is 0 Å². The summed E-state index contributed by atoms with van der Waals surface area (Å²) in [5, 5.41) is 4.89. The van der Waals surface area contributed by atoms with E-state index in [4.69, 9.17) is 20.9 Å². The third-order valence-corrected chi connectivity index (χ3v) is 2.84. The second kappa shape index (κ2) is 13.9. The summed E-state index contributed by atoms with van der Waals surface area (Å²) in [4.78, 5) is 34.3. The van der Waals surface area contributed by atoms with Crippen LogP contribution in [0.3, 0.4) is 0 Å². The molecule has 1 atom stereocenters. The highest BCUT2D eigenvalue weighted by molar-refractivity contribution is 5.89. The third-order valence-electron chi connectivity index (χ3n) is 2.84. The number of primary amides is 1. The molecule has 9 nitrogen and oxygen atoms in total. The van der Waals surface area contributed by atoms with Crippen LogP contribution in [0.4, 0.5) is 0 Å². The second-order valence-corrected chi connectivity index (χ2v) is 4.90. The molecule has 0 aliphatic rings. The topological polar surface area (TPSA) is 146 Å². The smallest absolute Gasteiger partial charge is 0.246 e. The van der Waals surface area contributed by atoms with E-state index in [0.717, 1.165) is 12.8 Å². The van der Waals surface area contributed by atoms with Gasteiger partial charge >= 0.3 is 0 Å². The fourth-order valence-electron chi connectivity index (χ4n) is 1.64. The van der Waals surface area contributed by atoms with Gasteiger partial charge in [-0.3, -0.25) is 14.4 Å². The van der Waals surface area contributed by atoms with Crippen LogP contribution in [0.5, 0.6) is 0 Å². The van der Waals surface area contributed by atoms with Gasteiger partial charge in [0.1, 0.15) is 12.6 Å². The lowest BCUT2D eigenvalue weighted by molar-refractivity contribution is -0.130. The Labute approximate surface area is 136 Å². The minimum absolute atomic E-state index is 0.172. The number of hydrogen-bond acceptors (Lipinski definition) is 6. The van der Waals surface area contributed by atoms with Gasteiger partial charge in [-0.1, -0.05) is 19.8 Å². The molecular formula is C14H28N4O5. The molecule has 0 radical (unpaired) electrons. The van der Waals surface area contributed by atoms with Crippen molar-refractivity contribution in [2.45, 2.75) is 32.2 Å². The minimum Gasteiger partial charge on any atom is -0.378 e. The maximum absolute atomic E-state index is 11.7. The Morgan fingerprint density at radius 2 is 1.78 bits per heavy atom. The summed E-state index contributed by atoms with van der Waals surface area (Å²) in [6.07, 6.45) is 2.15. The van der Waals surface area contributed by atoms with Crippen LogP contribution in [-0.4, -0.2) is 63.3 Å². The van der Waals surface area contributed by atoms with Crippen molar-refractivity contribution in [3.63, 3.8) is 0 Å². The summed E-state index contributed by atoms with van der Waals surface area (Å²) in [6, 6.07) is -0.713. The largest absolute Gasteiger partial charge is 0.378 e. The van der Waals surface area contributed by atoms with Crippen molar-refractivity contribution < 1.29 is 23.9 Å². The molecular weight excluding hydrogens is 304 g/mol. The molecule has 0 rings (SSSR count). The van der Waals surface area contributed by atoms with Crippen LogP contribution in [0.15, 0.2) is 0 Å². The van der Waals surface area contributed by atoms with E-state index in [-0.39, 0.29) is 19.8 Å². The van der Waals surface area contributed by atoms with Crippen molar-refractivity contribution in [3.05, 3.63) is 0 Å². The molecule has 9 heteroatoms. The summed E-state index contributed by atoms with van der Waals surface area (Å²) in [5.41, 5.74) is 10.5. The van der Waals surface area contributed by atoms with E-state index in [1.54, 1.807) is 0 Å². The van der Waals surface area contributed by atoms with E-state index in [9.17, 15) is 14.4 Å². The number of unbranched alkanes of at least 4 members (excludes halogenated alkanes) is 1. The van der Waals surface area contributed by atoms with Gasteiger partial charge in [-0.05, 0) is 6.42 Å². The van der Waals surface area contributed by atoms with Gasteiger partial charge in [0.15, 0.2) is 0 Å². The van der Waals surface area contributed by atoms with Crippen LogP contribution in [0.2, 0.25) is 0 Å². The van der Waals surface area contributed by atoms with Crippen LogP contribution >= 0.6 is 0 Å². The third kappa shape index (κ3) is 12.5. The molecule has 0 unspecified atom stereocenters. The molecule has 0 aromatic carbocycles. The number of hydrogen-bond donors (Lipinski definition) is 4. The molecule has 0 aliphatic heterocycles. The summed E-state index contributed by atoms with van der Waals surface area (Å²) in [7, 11) is 0. The van der Waals surface area contributed by atoms with Gasteiger partial charge in [-0.25, -0.2) is 0 Å². The Balaban J connectivity index is 3.81. The van der Waals surface area contributed by atoms with Crippen molar-refractivity contribution in [2.24, 2.45) is 11.5 Å². The lowest BCUT2D eigenvalue weighted by Gasteiger charge is -2.15. The molecule has 23 heavy (non-hydrogen) atoms. The predicted octanol–water partition coefficient (Wildman–Crippen LogP) is -1.75. The quantitative estimate of drug-likeness (QED) is 0.278. The molecule has 0 aliphatic carbocycles. The number of ether oxygens (including phenoxy) is 2. The average molecular weight is 332 g/mol. The molecule has 6 N–H and O–H groups in total. The molecule has 0 aromatic heterocycles. The van der Waals surface area contributed by atoms with E-state index in [2.05, 4.69) is 10.6 Å². The summed E-state index contributed by atoms with van der Waals surface area (Å²) < 4.78 is 10.1. The molecule has 3 amide bonds. The number of amides is 3. The standard InChI is InChI=1S/C14H28N4O5/c1-2-3-4-11(14(16)21)18-12(19)9-17-13(20)10-23-8-7-22-6-5-15/h11H,2-10,15H2,1H3,(H2,16,21)(H,17,20)(H,18,19)/t11-/m0/s1. The lowest BCUT2D eigenvalue weighted by Crippen LogP contribution is -2.48. The van der Waals surface area contributed by atoms with E-state index >= 15 is 0 Å². The van der Waals surface area contributed by atoms with E-state index in [1.807, 2.05) is 6.92 Å². The number of carbonyl (C=O) groups is 3. The monoisotopic (exact) mass is 332 g/mol. The van der Waals surface area contributed by atoms with Crippen molar-refractivity contribution in [1.29, 1.82) is 0 Å². The molecule has 0 bridgehead atoms. The van der Waals surface area contributed by atoms with E-state index in [0.29, 0.717) is 26.2 Å². The Morgan fingerprint density at radius 3 is 2.39 bits per heavy atom. The normalized spacial score (nSPS) is 11.7. The fraction of sp³-hybridized carbons (Fsp3) is 0.786. The second-order valence-electron chi connectivity index (χ2n) is 4.90. The highest BCUT2D eigenvalue weighted by atomic mass is 16.5. The SMILES string of the molecule is CCCC[C@H](NC(=O)CNC(=O)COCCOCCN)C(N)=O. The highest BCUT2D eigenvalue weighted by Crippen LogP contribution is 1.99. The maximum Gasteiger partial charge on any atom is 0.246 e. The van der Waals surface area contributed by atoms with Crippen molar-refractivity contribution in [1.82, 2.24) is 10.6 Å². The maximum atomic E-state index is 11.7. The first-order valence-electron chi connectivity index (χ1n) is 7.72. The Hall–Kier alpha value is -1.71. The molecule has 134 valence electrons. The fourth-order valence-corrected chi connectivity index (χ4v) is 1.64. The molecule has 0 fully saturated rings. The number of carbonyl (C=O) groups excluding carboxylic acids is 3. The molecule has 0 saturated carbocycles. The zero-order valence-corrected chi connectivity index (χ0v) is 13.6. The number of nitrogens with two attached hydrogens (primary N) is 2. The first-order chi connectivity index (χ1) is 11.0. The van der Waals surface area contributed by atoms with Crippen LogP contribution in [-0.2, 0) is 23.9 Å². The Bertz CT molecular complexity index is 365. The van der Waals surface area contributed by atoms with Crippen molar-refractivity contribution >= 4 is 17.7 Å². The summed E-state index contributed by atoms with van der Waals surface area (Å²) >= 11 is 0. The van der Waals surface area contributed by atoms with Crippen LogP contribution < -0.4 is 22.1 Å². The van der Waals surface area contributed by atoms with Crippen molar-refractivity contribution in [2.75, 3.05) is 39.5 Å². The first kappa shape index (κ1) is 21.3. The van der Waals surface area contributed by atoms with Gasteiger partial charge in [0, 0.05) is 6.54 Å². The zero-order valence-electron chi connectivity index (χ0n) is 13.6. The minimum atomic E-state index is -0.713. The van der Waals surface area contributed by atoms with E-state index in [1.165, 1.54) is 0 Å². The number of nitrogens with one attached hydrogen (secondary N) is 2. The highest BCUT2D eigenvalue weighted by Gasteiger charge is 2.17. The molecule has 0 aromatic rings. The summed E-state index contributed by atoms with van der Waals surface area (Å²) in [6.45, 7) is 3.05. The van der Waals surface area contributed by atoms with Crippen molar-refractivity contribution in [3.8, 4) is 0 Å². The Kier molecular flexibility index (Phi) is 12.9. The van der Waals surface area contributed by atoms with Gasteiger partial charge < -0.3 is 31.6 Å².